The molecule has 0 atom stereocenters. The molecule has 0 spiro atoms. The van der Waals surface area contributed by atoms with Gasteiger partial charge >= 0.3 is 5.97 Å². The number of pyridine rings is 1. The van der Waals surface area contributed by atoms with Gasteiger partial charge in [0.15, 0.2) is 13.2 Å². The summed E-state index contributed by atoms with van der Waals surface area (Å²) in [5.41, 5.74) is 4.55. The number of rotatable bonds is 6. The summed E-state index contributed by atoms with van der Waals surface area (Å²) in [6.07, 6.45) is 2.87. The number of halogens is 1. The fraction of sp³-hybridized carbons (Fsp3) is 0.125. The monoisotopic (exact) mass is 407 g/mol. The topological polar surface area (TPSA) is 107 Å². The number of aromatic nitrogens is 1. The minimum Gasteiger partial charge on any atom is -0.484 e. The average Bonchev–Trinajstić information content (AvgIpc) is 2.64. The smallest absolute Gasteiger partial charge is 0.338 e. The second kappa shape index (κ2) is 9.38. The molecule has 0 aliphatic heterocycles. The van der Waals surface area contributed by atoms with Crippen LogP contribution in [-0.2, 0) is 14.3 Å². The third-order valence-corrected chi connectivity index (χ3v) is 3.30. The van der Waals surface area contributed by atoms with E-state index in [0.717, 1.165) is 4.47 Å². The molecule has 2 aromatic rings. The molecule has 25 heavy (non-hydrogen) atoms. The molecule has 0 unspecified atom stereocenters. The van der Waals surface area contributed by atoms with Gasteiger partial charge in [0.25, 0.3) is 11.8 Å². The molecule has 2 amide bonds. The number of carbonyl (C=O) groups is 3. The van der Waals surface area contributed by atoms with Crippen molar-refractivity contribution in [2.24, 2.45) is 0 Å². The van der Waals surface area contributed by atoms with Gasteiger partial charge in [-0.1, -0.05) is 15.9 Å². The number of esters is 1. The second-order valence-electron chi connectivity index (χ2n) is 4.65. The number of nitrogens with one attached hydrogen (secondary N) is 2. The van der Waals surface area contributed by atoms with Gasteiger partial charge in [-0.3, -0.25) is 25.4 Å². The molecule has 2 N–H and O–H groups in total. The number of carbonyl (C=O) groups excluding carboxylic acids is 3. The van der Waals surface area contributed by atoms with Crippen LogP contribution in [0.25, 0.3) is 0 Å². The van der Waals surface area contributed by atoms with E-state index < -0.39 is 24.4 Å². The third kappa shape index (κ3) is 6.60. The van der Waals surface area contributed by atoms with E-state index in [-0.39, 0.29) is 12.2 Å². The van der Waals surface area contributed by atoms with E-state index in [2.05, 4.69) is 31.8 Å². The van der Waals surface area contributed by atoms with Gasteiger partial charge in [-0.05, 0) is 36.4 Å². The van der Waals surface area contributed by atoms with Crippen molar-refractivity contribution in [1.82, 2.24) is 15.8 Å². The van der Waals surface area contributed by atoms with E-state index in [9.17, 15) is 14.4 Å². The van der Waals surface area contributed by atoms with E-state index in [1.165, 1.54) is 24.5 Å². The molecule has 0 aliphatic carbocycles. The summed E-state index contributed by atoms with van der Waals surface area (Å²) < 4.78 is 10.9. The molecular formula is C16H14BrN3O5. The average molecular weight is 408 g/mol. The van der Waals surface area contributed by atoms with Gasteiger partial charge in [0.05, 0.1) is 5.56 Å². The normalized spacial score (nSPS) is 9.80. The molecule has 0 saturated carbocycles. The number of hydrazine groups is 1. The standard InChI is InChI=1S/C16H14BrN3O5/c17-12-1-3-13(4-2-12)24-9-14(21)19-20-15(22)10-25-16(23)11-5-7-18-8-6-11/h1-8H,9-10H2,(H,19,21)(H,20,22). The van der Waals surface area contributed by atoms with Gasteiger partial charge < -0.3 is 9.47 Å². The molecule has 0 saturated heterocycles. The predicted octanol–water partition coefficient (Wildman–Crippen LogP) is 1.23. The van der Waals surface area contributed by atoms with Crippen LogP contribution in [0.5, 0.6) is 5.75 Å². The van der Waals surface area contributed by atoms with Crippen molar-refractivity contribution in [2.75, 3.05) is 13.2 Å². The summed E-state index contributed by atoms with van der Waals surface area (Å²) in [4.78, 5) is 38.5. The molecule has 0 bridgehead atoms. The first kappa shape index (κ1) is 18.4. The molecule has 1 heterocycles. The van der Waals surface area contributed by atoms with E-state index in [1.54, 1.807) is 24.3 Å². The summed E-state index contributed by atoms with van der Waals surface area (Å²) in [6, 6.07) is 9.84. The van der Waals surface area contributed by atoms with Crippen LogP contribution in [0, 0.1) is 0 Å². The maximum absolute atomic E-state index is 11.6. The summed E-state index contributed by atoms with van der Waals surface area (Å²) in [5.74, 6) is -1.39. The number of ether oxygens (including phenoxy) is 2. The molecule has 8 nitrogen and oxygen atoms in total. The first-order valence-electron chi connectivity index (χ1n) is 7.08. The fourth-order valence-electron chi connectivity index (χ4n) is 1.59. The number of hydrogen-bond donors (Lipinski definition) is 2. The summed E-state index contributed by atoms with van der Waals surface area (Å²) in [5, 5.41) is 0. The first-order chi connectivity index (χ1) is 12.0. The largest absolute Gasteiger partial charge is 0.484 e. The van der Waals surface area contributed by atoms with Crippen molar-refractivity contribution in [3.8, 4) is 5.75 Å². The lowest BCUT2D eigenvalue weighted by Gasteiger charge is -2.09. The van der Waals surface area contributed by atoms with Gasteiger partial charge in [0.1, 0.15) is 5.75 Å². The number of nitrogens with zero attached hydrogens (tertiary/aromatic N) is 1. The van der Waals surface area contributed by atoms with Gasteiger partial charge in [0, 0.05) is 16.9 Å². The molecule has 9 heteroatoms. The maximum atomic E-state index is 11.6. The quantitative estimate of drug-likeness (QED) is 0.550. The Bertz CT molecular complexity index is 737. The zero-order chi connectivity index (χ0) is 18.1. The lowest BCUT2D eigenvalue weighted by atomic mass is 10.3. The predicted molar refractivity (Wildman–Crippen MR) is 90.4 cm³/mol. The highest BCUT2D eigenvalue weighted by Gasteiger charge is 2.10. The third-order valence-electron chi connectivity index (χ3n) is 2.78. The number of amides is 2. The number of hydrogen-bond acceptors (Lipinski definition) is 6. The Morgan fingerprint density at radius 3 is 2.16 bits per heavy atom. The van der Waals surface area contributed by atoms with Crippen LogP contribution in [-0.4, -0.2) is 36.0 Å². The number of benzene rings is 1. The van der Waals surface area contributed by atoms with Crippen molar-refractivity contribution in [3.05, 3.63) is 58.8 Å². The highest BCUT2D eigenvalue weighted by molar-refractivity contribution is 9.10. The lowest BCUT2D eigenvalue weighted by molar-refractivity contribution is -0.131. The Hall–Kier alpha value is -2.94. The minimum absolute atomic E-state index is 0.273. The van der Waals surface area contributed by atoms with E-state index in [0.29, 0.717) is 5.75 Å². The van der Waals surface area contributed by atoms with Gasteiger partial charge in [0.2, 0.25) is 0 Å². The molecule has 2 rings (SSSR count). The van der Waals surface area contributed by atoms with Crippen molar-refractivity contribution >= 4 is 33.7 Å². The van der Waals surface area contributed by atoms with Crippen LogP contribution in [0.2, 0.25) is 0 Å². The van der Waals surface area contributed by atoms with E-state index >= 15 is 0 Å². The highest BCUT2D eigenvalue weighted by Crippen LogP contribution is 2.15. The summed E-state index contributed by atoms with van der Waals surface area (Å²) in [7, 11) is 0. The Morgan fingerprint density at radius 1 is 0.920 bits per heavy atom. The lowest BCUT2D eigenvalue weighted by Crippen LogP contribution is -2.45. The van der Waals surface area contributed by atoms with Crippen LogP contribution < -0.4 is 15.6 Å². The Balaban J connectivity index is 1.64. The van der Waals surface area contributed by atoms with Crippen LogP contribution in [0.3, 0.4) is 0 Å². The van der Waals surface area contributed by atoms with Gasteiger partial charge in [-0.2, -0.15) is 0 Å². The molecule has 1 aromatic heterocycles. The molecular weight excluding hydrogens is 394 g/mol. The molecule has 0 fully saturated rings. The van der Waals surface area contributed by atoms with Crippen LogP contribution in [0.4, 0.5) is 0 Å². The fourth-order valence-corrected chi connectivity index (χ4v) is 1.86. The molecule has 0 aliphatic rings. The molecule has 1 aromatic carbocycles. The van der Waals surface area contributed by atoms with Gasteiger partial charge in [-0.25, -0.2) is 4.79 Å². The Labute approximate surface area is 151 Å². The van der Waals surface area contributed by atoms with Gasteiger partial charge in [-0.15, -0.1) is 0 Å². The molecule has 130 valence electrons. The van der Waals surface area contributed by atoms with Crippen molar-refractivity contribution in [3.63, 3.8) is 0 Å². The van der Waals surface area contributed by atoms with Crippen LogP contribution in [0.1, 0.15) is 10.4 Å². The maximum Gasteiger partial charge on any atom is 0.338 e. The van der Waals surface area contributed by atoms with Crippen LogP contribution in [0.15, 0.2) is 53.3 Å². The van der Waals surface area contributed by atoms with E-state index in [1.807, 2.05) is 0 Å². The zero-order valence-electron chi connectivity index (χ0n) is 12.9. The minimum atomic E-state index is -0.681. The van der Waals surface area contributed by atoms with Crippen LogP contribution >= 0.6 is 15.9 Å². The Morgan fingerprint density at radius 2 is 1.52 bits per heavy atom. The zero-order valence-corrected chi connectivity index (χ0v) is 14.5. The van der Waals surface area contributed by atoms with Crippen molar-refractivity contribution < 1.29 is 23.9 Å². The SMILES string of the molecule is O=C(COC(=O)c1ccncc1)NNC(=O)COc1ccc(Br)cc1. The Kier molecular flexibility index (Phi) is 6.90. The summed E-state index contributed by atoms with van der Waals surface area (Å²) >= 11 is 3.28. The van der Waals surface area contributed by atoms with E-state index in [4.69, 9.17) is 9.47 Å². The summed E-state index contributed by atoms with van der Waals surface area (Å²) in [6.45, 7) is -0.812. The van der Waals surface area contributed by atoms with Crippen molar-refractivity contribution in [2.45, 2.75) is 0 Å². The van der Waals surface area contributed by atoms with Crippen molar-refractivity contribution in [1.29, 1.82) is 0 Å². The molecule has 0 radical (unpaired) electrons. The highest BCUT2D eigenvalue weighted by atomic mass is 79.9. The first-order valence-corrected chi connectivity index (χ1v) is 7.87. The second-order valence-corrected chi connectivity index (χ2v) is 5.57.